The summed E-state index contributed by atoms with van der Waals surface area (Å²) in [6.07, 6.45) is 5.43. The number of thiol groups is 1. The lowest BCUT2D eigenvalue weighted by atomic mass is 10.1. The zero-order valence-electron chi connectivity index (χ0n) is 20.0. The van der Waals surface area contributed by atoms with Gasteiger partial charge in [0.15, 0.2) is 5.96 Å². The first-order chi connectivity index (χ1) is 17.1. The summed E-state index contributed by atoms with van der Waals surface area (Å²) in [7, 11) is 0. The fourth-order valence-corrected chi connectivity index (χ4v) is 3.63. The first-order valence-electron chi connectivity index (χ1n) is 11.1. The van der Waals surface area contributed by atoms with Crippen molar-refractivity contribution in [2.75, 3.05) is 24.3 Å². The van der Waals surface area contributed by atoms with Crippen molar-refractivity contribution in [3.8, 4) is 0 Å². The Labute approximate surface area is 218 Å². The number of imidazole rings is 1. The van der Waals surface area contributed by atoms with E-state index in [1.807, 2.05) is 6.26 Å². The molecule has 36 heavy (non-hydrogen) atoms. The summed E-state index contributed by atoms with van der Waals surface area (Å²) in [6, 6.07) is -4.28. The number of hydrogen-bond donors (Lipinski definition) is 9. The Morgan fingerprint density at radius 1 is 1.11 bits per heavy atom. The van der Waals surface area contributed by atoms with E-state index in [0.29, 0.717) is 17.9 Å². The summed E-state index contributed by atoms with van der Waals surface area (Å²) >= 11 is 5.44. The standard InChI is InChI=1S/C20H35N9O5S2/c1-36-6-4-14(19(33)34)28-18(32)15(7-11-8-24-10-26-11)29-17(31)13(3-2-5-25-20(22)23)27-16(30)12(21)9-35/h8,10,12-15,35H,2-7,9,21H2,1H3,(H,24,26)(H,27,30)(H,28,32)(H,29,31)(H,33,34)(H4,22,23,25). The van der Waals surface area contributed by atoms with Crippen LogP contribution in [0.5, 0.6) is 0 Å². The van der Waals surface area contributed by atoms with Gasteiger partial charge in [0.05, 0.1) is 12.4 Å². The largest absolute Gasteiger partial charge is 0.480 e. The number of aromatic nitrogens is 2. The maximum absolute atomic E-state index is 13.2. The number of hydrogen-bond acceptors (Lipinski definition) is 9. The van der Waals surface area contributed by atoms with E-state index in [9.17, 15) is 24.3 Å². The number of H-pyrrole nitrogens is 1. The van der Waals surface area contributed by atoms with Crippen molar-refractivity contribution < 1.29 is 24.3 Å². The molecule has 0 aliphatic heterocycles. The number of carboxylic acid groups (broad SMARTS) is 1. The molecule has 0 bridgehead atoms. The number of carbonyl (C=O) groups is 4. The molecular weight excluding hydrogens is 510 g/mol. The quantitative estimate of drug-likeness (QED) is 0.0433. The lowest BCUT2D eigenvalue weighted by Gasteiger charge is -2.25. The zero-order chi connectivity index (χ0) is 27.1. The number of thioether (sulfide) groups is 1. The minimum atomic E-state index is -1.19. The molecule has 1 aromatic rings. The lowest BCUT2D eigenvalue weighted by Crippen LogP contribution is -2.57. The van der Waals surface area contributed by atoms with E-state index < -0.39 is 47.9 Å². The SMILES string of the molecule is CSCCC(NC(=O)C(Cc1cnc[nH]1)NC(=O)C(CCCN=C(N)N)NC(=O)C(N)CS)C(=O)O. The van der Waals surface area contributed by atoms with Crippen molar-refractivity contribution in [1.82, 2.24) is 25.9 Å². The highest BCUT2D eigenvalue weighted by molar-refractivity contribution is 7.98. The highest BCUT2D eigenvalue weighted by atomic mass is 32.2. The molecule has 0 aromatic carbocycles. The predicted molar refractivity (Wildman–Crippen MR) is 140 cm³/mol. The molecule has 1 rings (SSSR count). The van der Waals surface area contributed by atoms with Crippen LogP contribution in [0.4, 0.5) is 0 Å². The van der Waals surface area contributed by atoms with Gasteiger partial charge in [0.2, 0.25) is 17.7 Å². The summed E-state index contributed by atoms with van der Waals surface area (Å²) in [5, 5.41) is 17.1. The average molecular weight is 546 g/mol. The fourth-order valence-electron chi connectivity index (χ4n) is 3.00. The van der Waals surface area contributed by atoms with E-state index in [1.54, 1.807) is 0 Å². The summed E-state index contributed by atoms with van der Waals surface area (Å²) in [6.45, 7) is 0.217. The summed E-state index contributed by atoms with van der Waals surface area (Å²) in [5.74, 6) is -2.66. The first-order valence-corrected chi connectivity index (χ1v) is 13.1. The molecule has 0 fully saturated rings. The van der Waals surface area contributed by atoms with Crippen LogP contribution in [-0.2, 0) is 25.6 Å². The molecule has 0 saturated carbocycles. The molecule has 202 valence electrons. The average Bonchev–Trinajstić information content (AvgIpc) is 3.35. The molecule has 14 nitrogen and oxygen atoms in total. The van der Waals surface area contributed by atoms with Gasteiger partial charge in [-0.1, -0.05) is 0 Å². The number of carbonyl (C=O) groups excluding carboxylic acids is 3. The number of carboxylic acids is 1. The molecule has 16 heteroatoms. The van der Waals surface area contributed by atoms with E-state index in [1.165, 1.54) is 24.3 Å². The Balaban J connectivity index is 3.05. The second-order valence-electron chi connectivity index (χ2n) is 7.82. The fraction of sp³-hybridized carbons (Fsp3) is 0.600. The Morgan fingerprint density at radius 3 is 2.31 bits per heavy atom. The molecule has 0 spiro atoms. The number of aromatic amines is 1. The predicted octanol–water partition coefficient (Wildman–Crippen LogP) is -2.44. The molecular formula is C20H35N9O5S2. The summed E-state index contributed by atoms with van der Waals surface area (Å²) < 4.78 is 0. The number of guanidine groups is 1. The minimum absolute atomic E-state index is 0.0112. The third kappa shape index (κ3) is 11.6. The number of nitrogens with two attached hydrogens (primary N) is 3. The summed E-state index contributed by atoms with van der Waals surface area (Å²) in [4.78, 5) is 60.7. The zero-order valence-corrected chi connectivity index (χ0v) is 21.7. The van der Waals surface area contributed by atoms with Gasteiger partial charge in [-0.05, 0) is 31.3 Å². The van der Waals surface area contributed by atoms with E-state index in [2.05, 4.69) is 43.5 Å². The Morgan fingerprint density at radius 2 is 1.75 bits per heavy atom. The lowest BCUT2D eigenvalue weighted by molar-refractivity contribution is -0.142. The number of amides is 3. The molecule has 0 aliphatic carbocycles. The van der Waals surface area contributed by atoms with Crippen molar-refractivity contribution in [3.63, 3.8) is 0 Å². The molecule has 4 atom stereocenters. The van der Waals surface area contributed by atoms with Gasteiger partial charge in [-0.25, -0.2) is 9.78 Å². The van der Waals surface area contributed by atoms with Crippen LogP contribution in [-0.4, -0.2) is 93.2 Å². The topological polar surface area (TPSA) is 244 Å². The highest BCUT2D eigenvalue weighted by Gasteiger charge is 2.30. The minimum Gasteiger partial charge on any atom is -0.480 e. The van der Waals surface area contributed by atoms with Crippen molar-refractivity contribution in [2.24, 2.45) is 22.2 Å². The Bertz CT molecular complexity index is 881. The van der Waals surface area contributed by atoms with E-state index in [0.717, 1.165) is 0 Å². The monoisotopic (exact) mass is 545 g/mol. The molecule has 0 radical (unpaired) electrons. The number of nitrogens with zero attached hydrogens (tertiary/aromatic N) is 2. The van der Waals surface area contributed by atoms with Crippen molar-refractivity contribution in [3.05, 3.63) is 18.2 Å². The van der Waals surface area contributed by atoms with Gasteiger partial charge in [-0.2, -0.15) is 24.4 Å². The third-order valence-electron chi connectivity index (χ3n) is 4.95. The number of aliphatic carboxylic acids is 1. The normalized spacial score (nSPS) is 14.1. The molecule has 1 aromatic heterocycles. The maximum atomic E-state index is 13.2. The van der Waals surface area contributed by atoms with Crippen LogP contribution in [0.3, 0.4) is 0 Å². The van der Waals surface area contributed by atoms with Gasteiger partial charge in [0.1, 0.15) is 18.1 Å². The van der Waals surface area contributed by atoms with Gasteiger partial charge < -0.3 is 43.2 Å². The Kier molecular flexibility index (Phi) is 14.4. The van der Waals surface area contributed by atoms with Crippen LogP contribution in [0.1, 0.15) is 25.0 Å². The molecule has 0 saturated heterocycles. The second kappa shape index (κ2) is 16.6. The van der Waals surface area contributed by atoms with Gasteiger partial charge in [-0.15, -0.1) is 0 Å². The van der Waals surface area contributed by atoms with Gasteiger partial charge in [0, 0.05) is 30.6 Å². The molecule has 1 heterocycles. The number of nitrogens with one attached hydrogen (secondary N) is 4. The van der Waals surface area contributed by atoms with Crippen LogP contribution in [0, 0.1) is 0 Å². The smallest absolute Gasteiger partial charge is 0.326 e. The van der Waals surface area contributed by atoms with Gasteiger partial charge >= 0.3 is 5.97 Å². The van der Waals surface area contributed by atoms with Crippen LogP contribution in [0.15, 0.2) is 17.5 Å². The van der Waals surface area contributed by atoms with Crippen molar-refractivity contribution >= 4 is 54.0 Å². The molecule has 0 aliphatic rings. The second-order valence-corrected chi connectivity index (χ2v) is 9.17. The van der Waals surface area contributed by atoms with Crippen LogP contribution in [0.2, 0.25) is 0 Å². The first kappa shape index (κ1) is 31.1. The van der Waals surface area contributed by atoms with E-state index in [-0.39, 0.29) is 37.5 Å². The van der Waals surface area contributed by atoms with Crippen LogP contribution < -0.4 is 33.2 Å². The van der Waals surface area contributed by atoms with Crippen LogP contribution in [0.25, 0.3) is 0 Å². The molecule has 11 N–H and O–H groups in total. The highest BCUT2D eigenvalue weighted by Crippen LogP contribution is 2.06. The van der Waals surface area contributed by atoms with E-state index in [4.69, 9.17) is 17.2 Å². The van der Waals surface area contributed by atoms with Gasteiger partial charge in [-0.3, -0.25) is 19.4 Å². The summed E-state index contributed by atoms with van der Waals surface area (Å²) in [5.41, 5.74) is 16.9. The molecule has 3 amide bonds. The van der Waals surface area contributed by atoms with E-state index >= 15 is 0 Å². The Hall–Kier alpha value is -2.98. The number of aliphatic imine (C=N–C) groups is 1. The van der Waals surface area contributed by atoms with Crippen molar-refractivity contribution in [2.45, 2.75) is 49.9 Å². The van der Waals surface area contributed by atoms with Crippen molar-refractivity contribution in [1.29, 1.82) is 0 Å². The third-order valence-corrected chi connectivity index (χ3v) is 5.99. The molecule has 4 unspecified atom stereocenters. The maximum Gasteiger partial charge on any atom is 0.326 e. The van der Waals surface area contributed by atoms with Gasteiger partial charge in [0.25, 0.3) is 0 Å². The van der Waals surface area contributed by atoms with Crippen LogP contribution >= 0.6 is 24.4 Å². The number of rotatable bonds is 17.